The number of carbonyl (C=O) groups is 1. The fourth-order valence-corrected chi connectivity index (χ4v) is 3.21. The molecular formula is C23H36IN5O2. The lowest BCUT2D eigenvalue weighted by Crippen LogP contribution is -2.57. The predicted molar refractivity (Wildman–Crippen MR) is 138 cm³/mol. The standard InChI is InChI=1S/C23H35N5O2.HI/c1-7-23(8-2,28-21(29)30-22(3,4)5)16-27-20(24-6)26-15-19-18-12-10-9-11-17(18)13-14-25-19;/h9-14H,7-8,15-16H2,1-6H3,(H,28,29)(H2,24,26,27);1H. The summed E-state index contributed by atoms with van der Waals surface area (Å²) < 4.78 is 5.44. The predicted octanol–water partition coefficient (Wildman–Crippen LogP) is 4.60. The first-order valence-corrected chi connectivity index (χ1v) is 10.5. The summed E-state index contributed by atoms with van der Waals surface area (Å²) in [7, 11) is 1.73. The Hall–Kier alpha value is -2.10. The molecule has 0 aliphatic heterocycles. The molecule has 0 saturated heterocycles. The zero-order valence-corrected chi connectivity index (χ0v) is 21.7. The Balaban J connectivity index is 0.00000480. The van der Waals surface area contributed by atoms with E-state index in [1.165, 1.54) is 0 Å². The molecule has 172 valence electrons. The number of hydrogen-bond donors (Lipinski definition) is 3. The highest BCUT2D eigenvalue weighted by molar-refractivity contribution is 14.0. The van der Waals surface area contributed by atoms with E-state index in [1.54, 1.807) is 7.05 Å². The van der Waals surface area contributed by atoms with Crippen molar-refractivity contribution in [3.05, 3.63) is 42.2 Å². The van der Waals surface area contributed by atoms with Crippen LogP contribution in [0.25, 0.3) is 10.8 Å². The third-order valence-corrected chi connectivity index (χ3v) is 5.12. The van der Waals surface area contributed by atoms with E-state index in [-0.39, 0.29) is 24.0 Å². The first-order valence-electron chi connectivity index (χ1n) is 10.5. The van der Waals surface area contributed by atoms with E-state index in [1.807, 2.05) is 45.2 Å². The van der Waals surface area contributed by atoms with Crippen molar-refractivity contribution in [3.63, 3.8) is 0 Å². The van der Waals surface area contributed by atoms with Crippen LogP contribution >= 0.6 is 24.0 Å². The Morgan fingerprint density at radius 2 is 1.77 bits per heavy atom. The summed E-state index contributed by atoms with van der Waals surface area (Å²) in [6.45, 7) is 10.8. The SMILES string of the molecule is CCC(CC)(CNC(=NC)NCc1nccc2ccccc12)NC(=O)OC(C)(C)C.I. The fourth-order valence-electron chi connectivity index (χ4n) is 3.21. The van der Waals surface area contributed by atoms with Crippen LogP contribution in [-0.2, 0) is 11.3 Å². The molecule has 2 aromatic rings. The van der Waals surface area contributed by atoms with Gasteiger partial charge in [-0.15, -0.1) is 24.0 Å². The van der Waals surface area contributed by atoms with Crippen LogP contribution in [0.4, 0.5) is 4.79 Å². The highest BCUT2D eigenvalue weighted by atomic mass is 127. The van der Waals surface area contributed by atoms with Gasteiger partial charge >= 0.3 is 6.09 Å². The smallest absolute Gasteiger partial charge is 0.408 e. The molecule has 0 saturated carbocycles. The molecule has 0 unspecified atom stereocenters. The minimum atomic E-state index is -0.534. The first kappa shape index (κ1) is 26.9. The summed E-state index contributed by atoms with van der Waals surface area (Å²) in [5, 5.41) is 12.0. The van der Waals surface area contributed by atoms with Crippen molar-refractivity contribution in [2.24, 2.45) is 4.99 Å². The number of hydrogen-bond acceptors (Lipinski definition) is 4. The van der Waals surface area contributed by atoms with Crippen molar-refractivity contribution in [1.82, 2.24) is 20.9 Å². The minimum Gasteiger partial charge on any atom is -0.444 e. The van der Waals surface area contributed by atoms with Gasteiger partial charge in [-0.25, -0.2) is 4.79 Å². The van der Waals surface area contributed by atoms with Crippen molar-refractivity contribution >= 4 is 46.8 Å². The maximum atomic E-state index is 12.3. The molecule has 0 atom stereocenters. The van der Waals surface area contributed by atoms with Crippen LogP contribution in [0.5, 0.6) is 0 Å². The second-order valence-electron chi connectivity index (χ2n) is 8.37. The molecule has 0 bridgehead atoms. The lowest BCUT2D eigenvalue weighted by Gasteiger charge is -2.34. The maximum absolute atomic E-state index is 12.3. The van der Waals surface area contributed by atoms with Gasteiger partial charge in [0.25, 0.3) is 0 Å². The lowest BCUT2D eigenvalue weighted by molar-refractivity contribution is 0.0448. The van der Waals surface area contributed by atoms with Gasteiger partial charge in [-0.3, -0.25) is 9.98 Å². The number of carbonyl (C=O) groups excluding carboxylic acids is 1. The van der Waals surface area contributed by atoms with E-state index < -0.39 is 17.2 Å². The van der Waals surface area contributed by atoms with Gasteiger partial charge in [0.2, 0.25) is 0 Å². The number of aromatic nitrogens is 1. The van der Waals surface area contributed by atoms with Crippen LogP contribution < -0.4 is 16.0 Å². The van der Waals surface area contributed by atoms with E-state index in [4.69, 9.17) is 4.74 Å². The van der Waals surface area contributed by atoms with Crippen molar-refractivity contribution in [2.45, 2.75) is 65.1 Å². The van der Waals surface area contributed by atoms with Gasteiger partial charge in [0.05, 0.1) is 17.8 Å². The summed E-state index contributed by atoms with van der Waals surface area (Å²) >= 11 is 0. The zero-order chi connectivity index (χ0) is 22.2. The molecule has 1 aromatic carbocycles. The molecule has 31 heavy (non-hydrogen) atoms. The molecular weight excluding hydrogens is 505 g/mol. The molecule has 8 heteroatoms. The molecule has 0 fully saturated rings. The molecule has 1 heterocycles. The van der Waals surface area contributed by atoms with Gasteiger partial charge in [-0.05, 0) is 45.1 Å². The number of alkyl carbamates (subject to hydrolysis) is 1. The monoisotopic (exact) mass is 541 g/mol. The normalized spacial score (nSPS) is 12.1. The number of nitrogens with zero attached hydrogens (tertiary/aromatic N) is 2. The zero-order valence-electron chi connectivity index (χ0n) is 19.4. The van der Waals surface area contributed by atoms with Gasteiger partial charge in [-0.2, -0.15) is 0 Å². The Labute approximate surface area is 202 Å². The number of amides is 1. The highest BCUT2D eigenvalue weighted by Gasteiger charge is 2.30. The number of nitrogens with one attached hydrogen (secondary N) is 3. The third kappa shape index (κ3) is 8.16. The molecule has 3 N–H and O–H groups in total. The summed E-state index contributed by atoms with van der Waals surface area (Å²) in [6.07, 6.45) is 2.94. The Morgan fingerprint density at radius 1 is 1.10 bits per heavy atom. The average Bonchev–Trinajstić information content (AvgIpc) is 2.71. The second kappa shape index (κ2) is 12.1. The van der Waals surface area contributed by atoms with Gasteiger partial charge in [-0.1, -0.05) is 38.1 Å². The van der Waals surface area contributed by atoms with E-state index in [0.717, 1.165) is 29.3 Å². The number of fused-ring (bicyclic) bond motifs is 1. The van der Waals surface area contributed by atoms with Crippen molar-refractivity contribution in [1.29, 1.82) is 0 Å². The number of halogens is 1. The lowest BCUT2D eigenvalue weighted by atomic mass is 9.93. The largest absolute Gasteiger partial charge is 0.444 e. The van der Waals surface area contributed by atoms with Gasteiger partial charge in [0, 0.05) is 25.2 Å². The number of aliphatic imine (C=N–C) groups is 1. The minimum absolute atomic E-state index is 0. The number of pyridine rings is 1. The van der Waals surface area contributed by atoms with Crippen molar-refractivity contribution in [3.8, 4) is 0 Å². The number of benzene rings is 1. The van der Waals surface area contributed by atoms with Crippen molar-refractivity contribution in [2.75, 3.05) is 13.6 Å². The molecule has 0 spiro atoms. The summed E-state index contributed by atoms with van der Waals surface area (Å²) in [5.74, 6) is 0.655. The molecule has 0 aliphatic rings. The summed E-state index contributed by atoms with van der Waals surface area (Å²) in [4.78, 5) is 21.2. The average molecular weight is 541 g/mol. The van der Waals surface area contributed by atoms with Gasteiger partial charge in [0.15, 0.2) is 5.96 Å². The number of rotatable bonds is 7. The van der Waals surface area contributed by atoms with Crippen molar-refractivity contribution < 1.29 is 9.53 Å². The quantitative estimate of drug-likeness (QED) is 0.271. The molecule has 7 nitrogen and oxygen atoms in total. The number of guanidine groups is 1. The summed E-state index contributed by atoms with van der Waals surface area (Å²) in [5.41, 5.74) is -0.00834. The van der Waals surface area contributed by atoms with Crippen LogP contribution in [0.2, 0.25) is 0 Å². The Bertz CT molecular complexity index is 870. The first-order chi connectivity index (χ1) is 14.2. The maximum Gasteiger partial charge on any atom is 0.408 e. The van der Waals surface area contributed by atoms with Crippen LogP contribution in [0, 0.1) is 0 Å². The fraction of sp³-hybridized carbons (Fsp3) is 0.522. The highest BCUT2D eigenvalue weighted by Crippen LogP contribution is 2.17. The molecule has 0 aliphatic carbocycles. The van der Waals surface area contributed by atoms with Crippen LogP contribution in [-0.4, -0.2) is 41.8 Å². The molecule has 1 aromatic heterocycles. The number of ether oxygens (including phenoxy) is 1. The van der Waals surface area contributed by atoms with Gasteiger partial charge in [0.1, 0.15) is 5.60 Å². The van der Waals surface area contributed by atoms with E-state index >= 15 is 0 Å². The van der Waals surface area contributed by atoms with E-state index in [2.05, 4.69) is 51.9 Å². The molecule has 0 radical (unpaired) electrons. The third-order valence-electron chi connectivity index (χ3n) is 5.12. The second-order valence-corrected chi connectivity index (χ2v) is 8.37. The Morgan fingerprint density at radius 3 is 2.39 bits per heavy atom. The van der Waals surface area contributed by atoms with E-state index in [0.29, 0.717) is 19.0 Å². The van der Waals surface area contributed by atoms with Crippen LogP contribution in [0.15, 0.2) is 41.5 Å². The van der Waals surface area contributed by atoms with E-state index in [9.17, 15) is 4.79 Å². The molecule has 2 rings (SSSR count). The topological polar surface area (TPSA) is 87.6 Å². The van der Waals surface area contributed by atoms with Crippen LogP contribution in [0.1, 0.15) is 53.2 Å². The summed E-state index contributed by atoms with van der Waals surface area (Å²) in [6, 6.07) is 10.2. The Kier molecular flexibility index (Phi) is 10.5. The molecule has 1 amide bonds. The van der Waals surface area contributed by atoms with Gasteiger partial charge < -0.3 is 20.7 Å². The van der Waals surface area contributed by atoms with Crippen LogP contribution in [0.3, 0.4) is 0 Å².